The van der Waals surface area contributed by atoms with Gasteiger partial charge in [0.15, 0.2) is 5.82 Å². The Morgan fingerprint density at radius 1 is 0.913 bits per heavy atom. The Labute approximate surface area is 134 Å². The summed E-state index contributed by atoms with van der Waals surface area (Å²) in [5.41, 5.74) is 1.67. The lowest BCUT2D eigenvalue weighted by Crippen LogP contribution is -2.11. The minimum Gasteiger partial charge on any atom is -0.497 e. The number of pyridine rings is 2. The highest BCUT2D eigenvalue weighted by atomic mass is 16.5. The van der Waals surface area contributed by atoms with Crippen molar-refractivity contribution in [3.05, 3.63) is 78.8 Å². The van der Waals surface area contributed by atoms with Crippen molar-refractivity contribution in [1.29, 1.82) is 0 Å². The fourth-order valence-corrected chi connectivity index (χ4v) is 2.03. The quantitative estimate of drug-likeness (QED) is 0.533. The van der Waals surface area contributed by atoms with Crippen molar-refractivity contribution in [3.8, 4) is 5.75 Å². The number of hydrazone groups is 1. The molecule has 23 heavy (non-hydrogen) atoms. The van der Waals surface area contributed by atoms with Gasteiger partial charge in [0, 0.05) is 12.4 Å². The minimum atomic E-state index is 0.727. The van der Waals surface area contributed by atoms with Crippen molar-refractivity contribution in [2.45, 2.75) is 0 Å². The average molecular weight is 304 g/mol. The first-order valence-electron chi connectivity index (χ1n) is 7.17. The molecule has 0 N–H and O–H groups in total. The first-order chi connectivity index (χ1) is 11.4. The largest absolute Gasteiger partial charge is 0.497 e. The van der Waals surface area contributed by atoms with Gasteiger partial charge in [-0.05, 0) is 48.5 Å². The Morgan fingerprint density at radius 3 is 2.26 bits per heavy atom. The maximum atomic E-state index is 5.20. The number of nitrogens with zero attached hydrogens (tertiary/aromatic N) is 4. The van der Waals surface area contributed by atoms with Crippen LogP contribution >= 0.6 is 0 Å². The highest BCUT2D eigenvalue weighted by Crippen LogP contribution is 2.25. The first-order valence-corrected chi connectivity index (χ1v) is 7.17. The van der Waals surface area contributed by atoms with E-state index in [1.807, 2.05) is 60.7 Å². The number of aromatic nitrogens is 2. The van der Waals surface area contributed by atoms with Gasteiger partial charge in [0.05, 0.1) is 24.7 Å². The van der Waals surface area contributed by atoms with Gasteiger partial charge in [0.2, 0.25) is 0 Å². The van der Waals surface area contributed by atoms with Gasteiger partial charge in [-0.15, -0.1) is 0 Å². The number of hydrogen-bond donors (Lipinski definition) is 0. The number of rotatable bonds is 5. The molecule has 3 aromatic rings. The SMILES string of the molecule is COc1ccc(N(/N=C/c2ccccn2)c2ccccn2)cc1. The monoisotopic (exact) mass is 304 g/mol. The maximum absolute atomic E-state index is 5.20. The third-order valence-electron chi connectivity index (χ3n) is 3.18. The van der Waals surface area contributed by atoms with Crippen LogP contribution in [0.25, 0.3) is 0 Å². The van der Waals surface area contributed by atoms with Gasteiger partial charge in [-0.2, -0.15) is 5.10 Å². The zero-order valence-corrected chi connectivity index (χ0v) is 12.7. The van der Waals surface area contributed by atoms with E-state index in [9.17, 15) is 0 Å². The molecule has 0 amide bonds. The minimum absolute atomic E-state index is 0.727. The topological polar surface area (TPSA) is 50.6 Å². The summed E-state index contributed by atoms with van der Waals surface area (Å²) in [4.78, 5) is 8.62. The number of benzene rings is 1. The van der Waals surface area contributed by atoms with E-state index in [1.165, 1.54) is 0 Å². The van der Waals surface area contributed by atoms with Crippen LogP contribution in [-0.4, -0.2) is 23.3 Å². The summed E-state index contributed by atoms with van der Waals surface area (Å²) in [6, 6.07) is 19.0. The fraction of sp³-hybridized carbons (Fsp3) is 0.0556. The van der Waals surface area contributed by atoms with Crippen molar-refractivity contribution in [2.24, 2.45) is 5.10 Å². The second kappa shape index (κ2) is 7.17. The lowest BCUT2D eigenvalue weighted by Gasteiger charge is -2.18. The van der Waals surface area contributed by atoms with Gasteiger partial charge in [-0.1, -0.05) is 12.1 Å². The summed E-state index contributed by atoms with van der Waals surface area (Å²) < 4.78 is 5.20. The molecule has 0 unspecified atom stereocenters. The molecule has 0 atom stereocenters. The second-order valence-electron chi connectivity index (χ2n) is 4.70. The standard InChI is InChI=1S/C18H16N4O/c1-23-17-10-8-16(9-11-17)22(18-7-3-5-13-20-18)21-14-15-6-2-4-12-19-15/h2-14H,1H3/b21-14+. The van der Waals surface area contributed by atoms with Crippen LogP contribution in [0.2, 0.25) is 0 Å². The Bertz CT molecular complexity index is 758. The van der Waals surface area contributed by atoms with Crippen molar-refractivity contribution < 1.29 is 4.74 Å². The molecular weight excluding hydrogens is 288 g/mol. The molecule has 0 spiro atoms. The van der Waals surface area contributed by atoms with Crippen LogP contribution in [0.5, 0.6) is 5.75 Å². The molecule has 0 saturated heterocycles. The van der Waals surface area contributed by atoms with E-state index < -0.39 is 0 Å². The molecule has 2 heterocycles. The van der Waals surface area contributed by atoms with E-state index in [1.54, 1.807) is 30.7 Å². The lowest BCUT2D eigenvalue weighted by atomic mass is 10.3. The average Bonchev–Trinajstić information content (AvgIpc) is 2.64. The van der Waals surface area contributed by atoms with Crippen molar-refractivity contribution in [1.82, 2.24) is 9.97 Å². The van der Waals surface area contributed by atoms with Gasteiger partial charge in [-0.3, -0.25) is 4.98 Å². The van der Waals surface area contributed by atoms with Gasteiger partial charge in [0.1, 0.15) is 5.75 Å². The summed E-state index contributed by atoms with van der Waals surface area (Å²) in [5, 5.41) is 6.29. The smallest absolute Gasteiger partial charge is 0.153 e. The molecule has 0 aliphatic heterocycles. The Balaban J connectivity index is 1.95. The molecule has 2 aromatic heterocycles. The van der Waals surface area contributed by atoms with Crippen LogP contribution in [0.15, 0.2) is 78.2 Å². The van der Waals surface area contributed by atoms with E-state index in [0.717, 1.165) is 22.9 Å². The van der Waals surface area contributed by atoms with E-state index in [2.05, 4.69) is 15.1 Å². The number of methoxy groups -OCH3 is 1. The van der Waals surface area contributed by atoms with Crippen molar-refractivity contribution in [3.63, 3.8) is 0 Å². The molecule has 1 aromatic carbocycles. The van der Waals surface area contributed by atoms with E-state index >= 15 is 0 Å². The molecule has 0 aliphatic carbocycles. The second-order valence-corrected chi connectivity index (χ2v) is 4.70. The number of ether oxygens (including phenoxy) is 1. The molecule has 0 saturated carbocycles. The van der Waals surface area contributed by atoms with Crippen LogP contribution in [-0.2, 0) is 0 Å². The van der Waals surface area contributed by atoms with Crippen LogP contribution in [0.4, 0.5) is 11.5 Å². The molecular formula is C18H16N4O. The van der Waals surface area contributed by atoms with Crippen LogP contribution < -0.4 is 9.75 Å². The number of hydrogen-bond acceptors (Lipinski definition) is 5. The first kappa shape index (κ1) is 14.7. The van der Waals surface area contributed by atoms with E-state index in [-0.39, 0.29) is 0 Å². The molecule has 114 valence electrons. The third kappa shape index (κ3) is 3.71. The summed E-state index contributed by atoms with van der Waals surface area (Å²) in [6.07, 6.45) is 5.18. The molecule has 5 heteroatoms. The predicted octanol–water partition coefficient (Wildman–Crippen LogP) is 3.66. The van der Waals surface area contributed by atoms with Gasteiger partial charge < -0.3 is 4.74 Å². The Hall–Kier alpha value is -3.21. The molecule has 0 fully saturated rings. The summed E-state index contributed by atoms with van der Waals surface area (Å²) in [7, 11) is 1.64. The van der Waals surface area contributed by atoms with Crippen LogP contribution in [0.1, 0.15) is 5.69 Å². The van der Waals surface area contributed by atoms with E-state index in [4.69, 9.17) is 4.74 Å². The van der Waals surface area contributed by atoms with Crippen LogP contribution in [0, 0.1) is 0 Å². The fourth-order valence-electron chi connectivity index (χ4n) is 2.03. The highest BCUT2D eigenvalue weighted by Gasteiger charge is 2.09. The van der Waals surface area contributed by atoms with Gasteiger partial charge in [-0.25, -0.2) is 9.99 Å². The van der Waals surface area contributed by atoms with Crippen molar-refractivity contribution >= 4 is 17.7 Å². The summed E-state index contributed by atoms with van der Waals surface area (Å²) in [6.45, 7) is 0. The normalized spacial score (nSPS) is 10.7. The van der Waals surface area contributed by atoms with Gasteiger partial charge >= 0.3 is 0 Å². The molecule has 0 bridgehead atoms. The Morgan fingerprint density at radius 2 is 1.65 bits per heavy atom. The zero-order valence-electron chi connectivity index (χ0n) is 12.7. The maximum Gasteiger partial charge on any atom is 0.153 e. The molecule has 5 nitrogen and oxygen atoms in total. The Kier molecular flexibility index (Phi) is 4.59. The lowest BCUT2D eigenvalue weighted by molar-refractivity contribution is 0.415. The summed E-state index contributed by atoms with van der Waals surface area (Å²) >= 11 is 0. The number of anilines is 2. The highest BCUT2D eigenvalue weighted by molar-refractivity contribution is 5.79. The zero-order chi connectivity index (χ0) is 15.9. The van der Waals surface area contributed by atoms with Crippen molar-refractivity contribution in [2.75, 3.05) is 12.1 Å². The molecule has 0 radical (unpaired) electrons. The molecule has 0 aliphatic rings. The van der Waals surface area contributed by atoms with Crippen LogP contribution in [0.3, 0.4) is 0 Å². The summed E-state index contributed by atoms with van der Waals surface area (Å²) in [5.74, 6) is 1.52. The predicted molar refractivity (Wildman–Crippen MR) is 91.2 cm³/mol. The van der Waals surface area contributed by atoms with E-state index in [0.29, 0.717) is 0 Å². The third-order valence-corrected chi connectivity index (χ3v) is 3.18. The molecule has 3 rings (SSSR count). The van der Waals surface area contributed by atoms with Gasteiger partial charge in [0.25, 0.3) is 0 Å².